The van der Waals surface area contributed by atoms with Crippen molar-refractivity contribution < 1.29 is 14.0 Å². The number of carbonyl (C=O) groups excluding carboxylic acids is 2. The maximum absolute atomic E-state index is 14.4. The summed E-state index contributed by atoms with van der Waals surface area (Å²) in [4.78, 5) is 28.2. The number of hydrogen-bond acceptors (Lipinski definition) is 4. The van der Waals surface area contributed by atoms with Gasteiger partial charge in [0.1, 0.15) is 16.4 Å². The van der Waals surface area contributed by atoms with Crippen LogP contribution in [0.3, 0.4) is 0 Å². The molecule has 0 atom stereocenters. The summed E-state index contributed by atoms with van der Waals surface area (Å²) < 4.78 is 14.4. The Morgan fingerprint density at radius 1 is 0.900 bits per heavy atom. The molecule has 1 heterocycles. The van der Waals surface area contributed by atoms with Crippen LogP contribution >= 0.6 is 23.4 Å². The van der Waals surface area contributed by atoms with Crippen molar-refractivity contribution in [3.8, 4) is 0 Å². The van der Waals surface area contributed by atoms with Gasteiger partial charge in [-0.15, -0.1) is 0 Å². The number of amides is 2. The van der Waals surface area contributed by atoms with Crippen molar-refractivity contribution in [2.45, 2.75) is 11.8 Å². The number of para-hydroxylation sites is 1. The number of nitrogens with zero attached hydrogens (tertiary/aromatic N) is 1. The zero-order valence-electron chi connectivity index (χ0n) is 15.9. The summed E-state index contributed by atoms with van der Waals surface area (Å²) in [7, 11) is 0. The van der Waals surface area contributed by atoms with Gasteiger partial charge in [-0.05, 0) is 55.5 Å². The van der Waals surface area contributed by atoms with Gasteiger partial charge in [0, 0.05) is 15.6 Å². The number of nitrogens with one attached hydrogen (secondary N) is 1. The van der Waals surface area contributed by atoms with Crippen LogP contribution < -0.4 is 10.2 Å². The highest BCUT2D eigenvalue weighted by Gasteiger charge is 2.41. The fourth-order valence-electron chi connectivity index (χ4n) is 2.97. The molecule has 4 rings (SSSR count). The van der Waals surface area contributed by atoms with Crippen LogP contribution in [0, 0.1) is 12.7 Å². The van der Waals surface area contributed by atoms with E-state index in [2.05, 4.69) is 5.32 Å². The van der Waals surface area contributed by atoms with Crippen molar-refractivity contribution in [2.75, 3.05) is 10.2 Å². The maximum Gasteiger partial charge on any atom is 0.283 e. The molecule has 0 spiro atoms. The quantitative estimate of drug-likeness (QED) is 0.513. The van der Waals surface area contributed by atoms with Gasteiger partial charge < -0.3 is 5.32 Å². The van der Waals surface area contributed by atoms with E-state index in [9.17, 15) is 14.0 Å². The molecule has 0 saturated heterocycles. The van der Waals surface area contributed by atoms with Gasteiger partial charge in [-0.1, -0.05) is 53.2 Å². The molecule has 0 fully saturated rings. The molecule has 150 valence electrons. The van der Waals surface area contributed by atoms with Crippen LogP contribution in [0.25, 0.3) is 0 Å². The monoisotopic (exact) mass is 438 g/mol. The summed E-state index contributed by atoms with van der Waals surface area (Å²) in [6, 6.07) is 20.0. The molecular weight excluding hydrogens is 423 g/mol. The number of imide groups is 1. The first kappa shape index (κ1) is 20.2. The number of carbonyl (C=O) groups is 2. The normalized spacial score (nSPS) is 13.9. The van der Waals surface area contributed by atoms with Crippen LogP contribution in [0.2, 0.25) is 5.02 Å². The number of hydrogen-bond donors (Lipinski definition) is 1. The maximum atomic E-state index is 14.4. The first-order valence-electron chi connectivity index (χ1n) is 9.09. The molecule has 0 aromatic heterocycles. The first-order chi connectivity index (χ1) is 14.4. The van der Waals surface area contributed by atoms with Gasteiger partial charge in [-0.3, -0.25) is 9.59 Å². The van der Waals surface area contributed by atoms with E-state index in [4.69, 9.17) is 11.6 Å². The molecule has 3 aromatic rings. The molecule has 7 heteroatoms. The van der Waals surface area contributed by atoms with Crippen LogP contribution in [-0.4, -0.2) is 11.8 Å². The molecule has 1 aliphatic rings. The van der Waals surface area contributed by atoms with E-state index in [1.807, 2.05) is 31.2 Å². The summed E-state index contributed by atoms with van der Waals surface area (Å²) >= 11 is 7.10. The van der Waals surface area contributed by atoms with Crippen LogP contribution in [0.15, 0.2) is 88.3 Å². The Morgan fingerprint density at radius 2 is 1.57 bits per heavy atom. The Morgan fingerprint density at radius 3 is 2.23 bits per heavy atom. The standard InChI is InChI=1S/C23H16ClFN2O2S/c1-14-6-12-17(13-7-14)30-21-20(26-16-10-8-15(24)9-11-16)22(28)27(23(21)29)19-5-3-2-4-18(19)25/h2-13,26H,1H3. The van der Waals surface area contributed by atoms with Crippen molar-refractivity contribution in [2.24, 2.45) is 0 Å². The molecule has 4 nitrogen and oxygen atoms in total. The zero-order valence-corrected chi connectivity index (χ0v) is 17.4. The van der Waals surface area contributed by atoms with Crippen LogP contribution in [0.5, 0.6) is 0 Å². The molecule has 30 heavy (non-hydrogen) atoms. The van der Waals surface area contributed by atoms with E-state index < -0.39 is 17.6 Å². The van der Waals surface area contributed by atoms with Crippen molar-refractivity contribution in [3.63, 3.8) is 0 Å². The lowest BCUT2D eigenvalue weighted by Gasteiger charge is -2.16. The largest absolute Gasteiger partial charge is 0.350 e. The number of halogens is 2. The molecule has 1 N–H and O–H groups in total. The molecule has 1 aliphatic heterocycles. The van der Waals surface area contributed by atoms with Gasteiger partial charge in [0.25, 0.3) is 11.8 Å². The predicted octanol–water partition coefficient (Wildman–Crippen LogP) is 5.78. The van der Waals surface area contributed by atoms with Crippen molar-refractivity contribution in [3.05, 3.63) is 99.8 Å². The summed E-state index contributed by atoms with van der Waals surface area (Å²) in [5, 5.41) is 3.56. The smallest absolute Gasteiger partial charge is 0.283 e. The highest BCUT2D eigenvalue weighted by molar-refractivity contribution is 8.04. The van der Waals surface area contributed by atoms with Crippen molar-refractivity contribution >= 4 is 46.6 Å². The van der Waals surface area contributed by atoms with Gasteiger partial charge in [-0.25, -0.2) is 9.29 Å². The lowest BCUT2D eigenvalue weighted by atomic mass is 10.2. The van der Waals surface area contributed by atoms with E-state index in [0.717, 1.165) is 27.1 Å². The highest BCUT2D eigenvalue weighted by Crippen LogP contribution is 2.38. The van der Waals surface area contributed by atoms with Gasteiger partial charge in [0.2, 0.25) is 0 Å². The Kier molecular flexibility index (Phi) is 5.61. The minimum absolute atomic E-state index is 0.0811. The second kappa shape index (κ2) is 8.34. The fourth-order valence-corrected chi connectivity index (χ4v) is 4.02. The highest BCUT2D eigenvalue weighted by atomic mass is 35.5. The summed E-state index contributed by atoms with van der Waals surface area (Å²) in [6.07, 6.45) is 0. The fraction of sp³-hybridized carbons (Fsp3) is 0.0435. The average molecular weight is 439 g/mol. The van der Waals surface area contributed by atoms with Crippen molar-refractivity contribution in [1.29, 1.82) is 0 Å². The number of thioether (sulfide) groups is 1. The minimum Gasteiger partial charge on any atom is -0.350 e. The van der Waals surface area contributed by atoms with Gasteiger partial charge in [-0.2, -0.15) is 0 Å². The Labute approximate surface area is 182 Å². The number of anilines is 2. The molecule has 0 saturated carbocycles. The Hall–Kier alpha value is -3.09. The van der Waals surface area contributed by atoms with E-state index in [-0.39, 0.29) is 16.3 Å². The van der Waals surface area contributed by atoms with Gasteiger partial charge in [0.15, 0.2) is 0 Å². The summed E-state index contributed by atoms with van der Waals surface area (Å²) in [6.45, 7) is 1.96. The second-order valence-electron chi connectivity index (χ2n) is 6.65. The van der Waals surface area contributed by atoms with Crippen molar-refractivity contribution in [1.82, 2.24) is 0 Å². The Bertz CT molecular complexity index is 1090. The third kappa shape index (κ3) is 3.97. The second-order valence-corrected chi connectivity index (χ2v) is 8.17. The lowest BCUT2D eigenvalue weighted by Crippen LogP contribution is -2.33. The number of rotatable bonds is 5. The summed E-state index contributed by atoms with van der Waals surface area (Å²) in [5.74, 6) is -1.84. The molecule has 0 bridgehead atoms. The number of benzene rings is 3. The molecule has 0 radical (unpaired) electrons. The molecule has 3 aromatic carbocycles. The van der Waals surface area contributed by atoms with E-state index in [1.54, 1.807) is 30.3 Å². The topological polar surface area (TPSA) is 49.4 Å². The SMILES string of the molecule is Cc1ccc(SC2=C(Nc3ccc(Cl)cc3)C(=O)N(c3ccccc3F)C2=O)cc1. The predicted molar refractivity (Wildman–Crippen MR) is 118 cm³/mol. The van der Waals surface area contributed by atoms with E-state index in [1.165, 1.54) is 18.2 Å². The molecule has 2 amide bonds. The third-order valence-electron chi connectivity index (χ3n) is 4.49. The van der Waals surface area contributed by atoms with Crippen LogP contribution in [0.4, 0.5) is 15.8 Å². The van der Waals surface area contributed by atoms with Gasteiger partial charge >= 0.3 is 0 Å². The molecule has 0 unspecified atom stereocenters. The van der Waals surface area contributed by atoms with E-state index >= 15 is 0 Å². The van der Waals surface area contributed by atoms with Gasteiger partial charge in [0.05, 0.1) is 5.69 Å². The first-order valence-corrected chi connectivity index (χ1v) is 10.3. The lowest BCUT2D eigenvalue weighted by molar-refractivity contribution is -0.120. The molecule has 0 aliphatic carbocycles. The minimum atomic E-state index is -0.647. The Balaban J connectivity index is 1.75. The average Bonchev–Trinajstić information content (AvgIpc) is 2.96. The zero-order chi connectivity index (χ0) is 21.3. The van der Waals surface area contributed by atoms with E-state index in [0.29, 0.717) is 10.7 Å². The number of aryl methyl sites for hydroxylation is 1. The molecular formula is C23H16ClFN2O2S. The summed E-state index contributed by atoms with van der Waals surface area (Å²) in [5.41, 5.74) is 1.68. The van der Waals surface area contributed by atoms with Crippen LogP contribution in [-0.2, 0) is 9.59 Å². The van der Waals surface area contributed by atoms with Crippen LogP contribution in [0.1, 0.15) is 5.56 Å². The third-order valence-corrected chi connectivity index (χ3v) is 5.83.